The number of amides is 1. The summed E-state index contributed by atoms with van der Waals surface area (Å²) >= 11 is 1.45. The molecule has 0 spiro atoms. The number of methoxy groups -OCH3 is 1. The van der Waals surface area contributed by atoms with Gasteiger partial charge in [0.2, 0.25) is 5.91 Å². The van der Waals surface area contributed by atoms with Crippen molar-refractivity contribution in [3.8, 4) is 5.75 Å². The predicted octanol–water partition coefficient (Wildman–Crippen LogP) is 1.72. The summed E-state index contributed by atoms with van der Waals surface area (Å²) < 4.78 is 23.2. The van der Waals surface area contributed by atoms with Crippen molar-refractivity contribution in [2.24, 2.45) is 0 Å². The van der Waals surface area contributed by atoms with Crippen LogP contribution in [0.3, 0.4) is 0 Å². The molecular formula is C18H20FN3O4S. The van der Waals surface area contributed by atoms with E-state index < -0.39 is 12.0 Å². The molecule has 7 nitrogen and oxygen atoms in total. The second-order valence-electron chi connectivity index (χ2n) is 6.03. The van der Waals surface area contributed by atoms with Crippen LogP contribution in [0.1, 0.15) is 17.1 Å². The van der Waals surface area contributed by atoms with Gasteiger partial charge in [0.05, 0.1) is 19.2 Å². The fraction of sp³-hybridized carbons (Fsp3) is 0.389. The van der Waals surface area contributed by atoms with Crippen LogP contribution in [0, 0.1) is 5.82 Å². The summed E-state index contributed by atoms with van der Waals surface area (Å²) in [5.74, 6) is -0.347. The highest BCUT2D eigenvalue weighted by atomic mass is 32.1. The predicted molar refractivity (Wildman–Crippen MR) is 96.7 cm³/mol. The molecule has 1 aliphatic heterocycles. The van der Waals surface area contributed by atoms with Crippen molar-refractivity contribution >= 4 is 23.2 Å². The smallest absolute Gasteiger partial charge is 0.307 e. The number of rotatable bonds is 7. The topological polar surface area (TPSA) is 80.8 Å². The van der Waals surface area contributed by atoms with Gasteiger partial charge in [0.1, 0.15) is 29.2 Å². The highest BCUT2D eigenvalue weighted by molar-refractivity contribution is 7.09. The van der Waals surface area contributed by atoms with Crippen LogP contribution in [0.5, 0.6) is 5.75 Å². The summed E-state index contributed by atoms with van der Waals surface area (Å²) in [5, 5.41) is 5.46. The summed E-state index contributed by atoms with van der Waals surface area (Å²) in [5.41, 5.74) is 0.808. The molecule has 144 valence electrons. The Morgan fingerprint density at radius 3 is 2.93 bits per heavy atom. The van der Waals surface area contributed by atoms with Gasteiger partial charge in [-0.05, 0) is 24.3 Å². The Hall–Kier alpha value is -2.52. The summed E-state index contributed by atoms with van der Waals surface area (Å²) in [7, 11) is 1.31. The Morgan fingerprint density at radius 2 is 2.19 bits per heavy atom. The second kappa shape index (κ2) is 8.92. The van der Waals surface area contributed by atoms with Gasteiger partial charge in [-0.25, -0.2) is 9.37 Å². The fourth-order valence-corrected chi connectivity index (χ4v) is 3.48. The molecule has 1 saturated heterocycles. The van der Waals surface area contributed by atoms with Crippen molar-refractivity contribution in [1.82, 2.24) is 15.2 Å². The first kappa shape index (κ1) is 19.2. The van der Waals surface area contributed by atoms with E-state index in [0.29, 0.717) is 25.4 Å². The standard InChI is InChI=1S/C18H20FN3O4S/c1-25-17(23)8-15-18(24)20-6-7-22(15)9-13-11-27-16(21-13)10-26-14-4-2-12(19)3-5-14/h2-5,11,15H,6-10H2,1H3,(H,20,24). The maximum Gasteiger partial charge on any atom is 0.307 e. The Morgan fingerprint density at radius 1 is 1.41 bits per heavy atom. The molecule has 1 unspecified atom stereocenters. The summed E-state index contributed by atoms with van der Waals surface area (Å²) in [6.45, 7) is 1.90. The summed E-state index contributed by atoms with van der Waals surface area (Å²) in [4.78, 5) is 30.1. The van der Waals surface area contributed by atoms with Crippen LogP contribution in [-0.4, -0.2) is 48.0 Å². The van der Waals surface area contributed by atoms with Crippen LogP contribution in [-0.2, 0) is 27.5 Å². The van der Waals surface area contributed by atoms with Gasteiger partial charge in [-0.15, -0.1) is 11.3 Å². The monoisotopic (exact) mass is 393 g/mol. The molecule has 1 aromatic heterocycles. The maximum absolute atomic E-state index is 12.9. The van der Waals surface area contributed by atoms with Crippen molar-refractivity contribution in [3.05, 3.63) is 46.2 Å². The molecule has 0 aliphatic carbocycles. The van der Waals surface area contributed by atoms with E-state index in [4.69, 9.17) is 4.74 Å². The number of halogens is 1. The lowest BCUT2D eigenvalue weighted by Crippen LogP contribution is -2.55. The number of thiazole rings is 1. The normalized spacial score (nSPS) is 17.4. The van der Waals surface area contributed by atoms with Crippen LogP contribution in [0.2, 0.25) is 0 Å². The van der Waals surface area contributed by atoms with Crippen molar-refractivity contribution < 1.29 is 23.5 Å². The average Bonchev–Trinajstić information content (AvgIpc) is 3.11. The first-order valence-electron chi connectivity index (χ1n) is 8.45. The Labute approximate surface area is 160 Å². The van der Waals surface area contributed by atoms with E-state index in [-0.39, 0.29) is 24.8 Å². The number of nitrogens with zero attached hydrogens (tertiary/aromatic N) is 2. The molecule has 1 aromatic carbocycles. The minimum absolute atomic E-state index is 0.00695. The Kier molecular flexibility index (Phi) is 6.36. The number of nitrogens with one attached hydrogen (secondary N) is 1. The number of esters is 1. The highest BCUT2D eigenvalue weighted by Crippen LogP contribution is 2.19. The van der Waals surface area contributed by atoms with Crippen molar-refractivity contribution in [3.63, 3.8) is 0 Å². The van der Waals surface area contributed by atoms with Crippen molar-refractivity contribution in [1.29, 1.82) is 0 Å². The van der Waals surface area contributed by atoms with E-state index in [2.05, 4.69) is 15.0 Å². The lowest BCUT2D eigenvalue weighted by atomic mass is 10.1. The third-order valence-electron chi connectivity index (χ3n) is 4.17. The SMILES string of the molecule is COC(=O)CC1C(=O)NCCN1Cc1csc(COc2ccc(F)cc2)n1. The van der Waals surface area contributed by atoms with Gasteiger partial charge >= 0.3 is 5.97 Å². The largest absolute Gasteiger partial charge is 0.486 e. The molecule has 1 atom stereocenters. The van der Waals surface area contributed by atoms with E-state index in [1.807, 2.05) is 10.3 Å². The van der Waals surface area contributed by atoms with Crippen LogP contribution >= 0.6 is 11.3 Å². The van der Waals surface area contributed by atoms with E-state index >= 15 is 0 Å². The molecule has 0 bridgehead atoms. The number of hydrogen-bond donors (Lipinski definition) is 1. The summed E-state index contributed by atoms with van der Waals surface area (Å²) in [6, 6.07) is 5.24. The van der Waals surface area contributed by atoms with Crippen molar-refractivity contribution in [2.75, 3.05) is 20.2 Å². The highest BCUT2D eigenvalue weighted by Gasteiger charge is 2.32. The van der Waals surface area contributed by atoms with Crippen LogP contribution in [0.15, 0.2) is 29.6 Å². The second-order valence-corrected chi connectivity index (χ2v) is 6.98. The number of hydrogen-bond acceptors (Lipinski definition) is 7. The number of benzene rings is 1. The zero-order valence-corrected chi connectivity index (χ0v) is 15.6. The average molecular weight is 393 g/mol. The molecule has 2 aromatic rings. The lowest BCUT2D eigenvalue weighted by molar-refractivity contribution is -0.146. The van der Waals surface area contributed by atoms with Gasteiger partial charge < -0.3 is 14.8 Å². The van der Waals surface area contributed by atoms with Gasteiger partial charge in [0, 0.05) is 25.0 Å². The van der Waals surface area contributed by atoms with Crippen LogP contribution in [0.25, 0.3) is 0 Å². The van der Waals surface area contributed by atoms with E-state index in [1.165, 1.54) is 30.6 Å². The number of aromatic nitrogens is 1. The zero-order valence-electron chi connectivity index (χ0n) is 14.8. The van der Waals surface area contributed by atoms with Crippen molar-refractivity contribution in [2.45, 2.75) is 25.6 Å². The van der Waals surface area contributed by atoms with E-state index in [1.54, 1.807) is 12.1 Å². The molecule has 3 rings (SSSR count). The molecule has 9 heteroatoms. The van der Waals surface area contributed by atoms with Crippen LogP contribution < -0.4 is 10.1 Å². The first-order valence-corrected chi connectivity index (χ1v) is 9.33. The molecule has 27 heavy (non-hydrogen) atoms. The summed E-state index contributed by atoms with van der Waals surface area (Å²) in [6.07, 6.45) is 0.00695. The fourth-order valence-electron chi connectivity index (χ4n) is 2.79. The van der Waals surface area contributed by atoms with Gasteiger partial charge in [-0.3, -0.25) is 14.5 Å². The molecule has 1 N–H and O–H groups in total. The lowest BCUT2D eigenvalue weighted by Gasteiger charge is -2.33. The Bertz CT molecular complexity index is 796. The third kappa shape index (κ3) is 5.24. The maximum atomic E-state index is 12.9. The van der Waals surface area contributed by atoms with Gasteiger partial charge in [0.15, 0.2) is 0 Å². The number of carbonyl (C=O) groups is 2. The Balaban J connectivity index is 1.59. The number of carbonyl (C=O) groups excluding carboxylic acids is 2. The molecule has 1 amide bonds. The minimum atomic E-state index is -0.563. The number of ether oxygens (including phenoxy) is 2. The van der Waals surface area contributed by atoms with Crippen LogP contribution in [0.4, 0.5) is 4.39 Å². The van der Waals surface area contributed by atoms with E-state index in [9.17, 15) is 14.0 Å². The molecule has 0 saturated carbocycles. The molecule has 0 radical (unpaired) electrons. The van der Waals surface area contributed by atoms with Gasteiger partial charge in [0.25, 0.3) is 0 Å². The van der Waals surface area contributed by atoms with Gasteiger partial charge in [-0.1, -0.05) is 0 Å². The zero-order chi connectivity index (χ0) is 19.2. The molecule has 1 aliphatic rings. The number of piperazine rings is 1. The molecule has 2 heterocycles. The van der Waals surface area contributed by atoms with Gasteiger partial charge in [-0.2, -0.15) is 0 Å². The van der Waals surface area contributed by atoms with E-state index in [0.717, 1.165) is 10.7 Å². The first-order chi connectivity index (χ1) is 13.0. The molecule has 1 fully saturated rings. The molecular weight excluding hydrogens is 373 g/mol. The third-order valence-corrected chi connectivity index (χ3v) is 5.04. The quantitative estimate of drug-likeness (QED) is 0.722. The minimum Gasteiger partial charge on any atom is -0.486 e.